The van der Waals surface area contributed by atoms with Gasteiger partial charge in [0.25, 0.3) is 0 Å². The lowest BCUT2D eigenvalue weighted by Crippen LogP contribution is -2.49. The fourth-order valence-electron chi connectivity index (χ4n) is 3.26. The minimum Gasteiger partial charge on any atom is -0.450 e. The lowest BCUT2D eigenvalue weighted by Gasteiger charge is -2.32. The Labute approximate surface area is 163 Å². The highest BCUT2D eigenvalue weighted by atomic mass is 16.6. The number of rotatable bonds is 9. The molecule has 0 radical (unpaired) electrons. The second kappa shape index (κ2) is 12.8. The molecule has 0 aliphatic carbocycles. The third-order valence-corrected chi connectivity index (χ3v) is 4.80. The van der Waals surface area contributed by atoms with Gasteiger partial charge in [-0.15, -0.1) is 0 Å². The third-order valence-electron chi connectivity index (χ3n) is 4.80. The number of guanidine groups is 1. The van der Waals surface area contributed by atoms with Crippen molar-refractivity contribution < 1.29 is 19.0 Å². The van der Waals surface area contributed by atoms with Gasteiger partial charge >= 0.3 is 6.09 Å². The fourth-order valence-corrected chi connectivity index (χ4v) is 3.26. The van der Waals surface area contributed by atoms with E-state index in [1.165, 1.54) is 0 Å². The van der Waals surface area contributed by atoms with Crippen LogP contribution in [0.4, 0.5) is 4.79 Å². The van der Waals surface area contributed by atoms with Crippen molar-refractivity contribution >= 4 is 12.1 Å². The SMILES string of the molecule is CCNC(=NCCCOCC1CCOC1)NC1CCN(C(=O)OCC)CC1. The number of ether oxygens (including phenoxy) is 3. The minimum absolute atomic E-state index is 0.208. The molecule has 156 valence electrons. The third kappa shape index (κ3) is 8.34. The number of nitrogens with one attached hydrogen (secondary N) is 2. The molecule has 0 aromatic rings. The zero-order valence-electron chi connectivity index (χ0n) is 16.9. The molecule has 8 nitrogen and oxygen atoms in total. The molecule has 2 N–H and O–H groups in total. The number of hydrogen-bond donors (Lipinski definition) is 2. The van der Waals surface area contributed by atoms with Crippen LogP contribution >= 0.6 is 0 Å². The number of likely N-dealkylation sites (tertiary alicyclic amines) is 1. The molecule has 0 aromatic heterocycles. The first kappa shape index (κ1) is 21.8. The number of carbonyl (C=O) groups excluding carboxylic acids is 1. The fraction of sp³-hybridized carbons (Fsp3) is 0.895. The van der Waals surface area contributed by atoms with Gasteiger partial charge in [0.2, 0.25) is 0 Å². The summed E-state index contributed by atoms with van der Waals surface area (Å²) in [6.45, 7) is 10.5. The van der Waals surface area contributed by atoms with E-state index in [0.29, 0.717) is 31.7 Å². The van der Waals surface area contributed by atoms with E-state index in [1.54, 1.807) is 4.90 Å². The molecule has 2 rings (SSSR count). The average molecular weight is 385 g/mol. The molecule has 1 amide bonds. The molecule has 2 saturated heterocycles. The van der Waals surface area contributed by atoms with Gasteiger partial charge in [-0.25, -0.2) is 4.79 Å². The Morgan fingerprint density at radius 1 is 1.26 bits per heavy atom. The zero-order valence-corrected chi connectivity index (χ0v) is 16.9. The Hall–Kier alpha value is -1.54. The predicted octanol–water partition coefficient (Wildman–Crippen LogP) is 1.61. The lowest BCUT2D eigenvalue weighted by molar-refractivity contribution is 0.0893. The summed E-state index contributed by atoms with van der Waals surface area (Å²) in [5.74, 6) is 1.41. The highest BCUT2D eigenvalue weighted by Crippen LogP contribution is 2.12. The van der Waals surface area contributed by atoms with Crippen molar-refractivity contribution in [3.8, 4) is 0 Å². The molecule has 2 aliphatic heterocycles. The molecule has 0 bridgehead atoms. The van der Waals surface area contributed by atoms with Crippen LogP contribution in [0.2, 0.25) is 0 Å². The summed E-state index contributed by atoms with van der Waals surface area (Å²) in [4.78, 5) is 18.2. The molecular formula is C19H36N4O4. The number of hydrogen-bond acceptors (Lipinski definition) is 5. The number of carbonyl (C=O) groups is 1. The van der Waals surface area contributed by atoms with E-state index in [2.05, 4.69) is 22.5 Å². The highest BCUT2D eigenvalue weighted by Gasteiger charge is 2.24. The van der Waals surface area contributed by atoms with Gasteiger partial charge in [0, 0.05) is 51.4 Å². The van der Waals surface area contributed by atoms with Gasteiger partial charge < -0.3 is 29.7 Å². The Balaban J connectivity index is 1.62. The van der Waals surface area contributed by atoms with Crippen LogP contribution in [-0.2, 0) is 14.2 Å². The molecule has 0 saturated carbocycles. The van der Waals surface area contributed by atoms with Gasteiger partial charge in [-0.3, -0.25) is 4.99 Å². The maximum absolute atomic E-state index is 11.8. The molecule has 0 aromatic carbocycles. The van der Waals surface area contributed by atoms with E-state index in [0.717, 1.165) is 71.2 Å². The standard InChI is InChI=1S/C19H36N4O4/c1-3-20-18(21-9-5-12-25-14-16-8-13-26-15-16)22-17-6-10-23(11-7-17)19(24)27-4-2/h16-17H,3-15H2,1-2H3,(H2,20,21,22). The summed E-state index contributed by atoms with van der Waals surface area (Å²) in [7, 11) is 0. The van der Waals surface area contributed by atoms with Gasteiger partial charge in [0.05, 0.1) is 19.8 Å². The van der Waals surface area contributed by atoms with Crippen molar-refractivity contribution in [3.05, 3.63) is 0 Å². The summed E-state index contributed by atoms with van der Waals surface area (Å²) in [5, 5.41) is 6.78. The van der Waals surface area contributed by atoms with E-state index >= 15 is 0 Å². The Morgan fingerprint density at radius 3 is 2.74 bits per heavy atom. The van der Waals surface area contributed by atoms with Crippen LogP contribution in [-0.4, -0.2) is 82.2 Å². The first-order valence-corrected chi connectivity index (χ1v) is 10.3. The average Bonchev–Trinajstić information content (AvgIpc) is 3.19. The highest BCUT2D eigenvalue weighted by molar-refractivity contribution is 5.80. The second-order valence-electron chi connectivity index (χ2n) is 7.02. The largest absolute Gasteiger partial charge is 0.450 e. The van der Waals surface area contributed by atoms with Crippen LogP contribution in [0, 0.1) is 5.92 Å². The van der Waals surface area contributed by atoms with Crippen molar-refractivity contribution in [2.45, 2.75) is 45.6 Å². The second-order valence-corrected chi connectivity index (χ2v) is 7.02. The molecule has 2 fully saturated rings. The number of nitrogens with zero attached hydrogens (tertiary/aromatic N) is 2. The van der Waals surface area contributed by atoms with Crippen LogP contribution in [0.3, 0.4) is 0 Å². The van der Waals surface area contributed by atoms with Crippen molar-refractivity contribution in [2.24, 2.45) is 10.9 Å². The molecule has 27 heavy (non-hydrogen) atoms. The van der Waals surface area contributed by atoms with Gasteiger partial charge in [-0.05, 0) is 39.5 Å². The van der Waals surface area contributed by atoms with Crippen molar-refractivity contribution in [2.75, 3.05) is 59.2 Å². The van der Waals surface area contributed by atoms with Crippen LogP contribution in [0.1, 0.15) is 39.5 Å². The smallest absolute Gasteiger partial charge is 0.409 e. The number of amides is 1. The molecular weight excluding hydrogens is 348 g/mol. The summed E-state index contributed by atoms with van der Waals surface area (Å²) in [6.07, 6.45) is 3.61. The zero-order chi connectivity index (χ0) is 19.3. The Kier molecular flexibility index (Phi) is 10.3. The molecule has 8 heteroatoms. The van der Waals surface area contributed by atoms with Gasteiger partial charge in [-0.1, -0.05) is 0 Å². The maximum Gasteiger partial charge on any atom is 0.409 e. The first-order chi connectivity index (χ1) is 13.2. The van der Waals surface area contributed by atoms with Crippen molar-refractivity contribution in [1.29, 1.82) is 0 Å². The quantitative estimate of drug-likeness (QED) is 0.357. The van der Waals surface area contributed by atoms with Gasteiger partial charge in [0.15, 0.2) is 5.96 Å². The van der Waals surface area contributed by atoms with Gasteiger partial charge in [-0.2, -0.15) is 0 Å². The lowest BCUT2D eigenvalue weighted by atomic mass is 10.1. The topological polar surface area (TPSA) is 84.4 Å². The summed E-state index contributed by atoms with van der Waals surface area (Å²) >= 11 is 0. The van der Waals surface area contributed by atoms with E-state index in [9.17, 15) is 4.79 Å². The molecule has 0 spiro atoms. The summed E-state index contributed by atoms with van der Waals surface area (Å²) < 4.78 is 16.1. The van der Waals surface area contributed by atoms with Crippen LogP contribution in [0.5, 0.6) is 0 Å². The number of piperidine rings is 1. The van der Waals surface area contributed by atoms with Gasteiger partial charge in [0.1, 0.15) is 0 Å². The first-order valence-electron chi connectivity index (χ1n) is 10.3. The van der Waals surface area contributed by atoms with E-state index in [1.807, 2.05) is 6.92 Å². The van der Waals surface area contributed by atoms with Crippen LogP contribution in [0.25, 0.3) is 0 Å². The number of aliphatic imine (C=N–C) groups is 1. The van der Waals surface area contributed by atoms with E-state index in [4.69, 9.17) is 14.2 Å². The molecule has 2 aliphatic rings. The monoisotopic (exact) mass is 384 g/mol. The molecule has 2 heterocycles. The van der Waals surface area contributed by atoms with Crippen molar-refractivity contribution in [1.82, 2.24) is 15.5 Å². The van der Waals surface area contributed by atoms with Crippen molar-refractivity contribution in [3.63, 3.8) is 0 Å². The summed E-state index contributed by atoms with van der Waals surface area (Å²) in [6, 6.07) is 0.326. The molecule has 1 unspecified atom stereocenters. The maximum atomic E-state index is 11.8. The minimum atomic E-state index is -0.208. The normalized spacial score (nSPS) is 21.3. The molecule has 1 atom stereocenters. The summed E-state index contributed by atoms with van der Waals surface area (Å²) in [5.41, 5.74) is 0. The van der Waals surface area contributed by atoms with Crippen LogP contribution < -0.4 is 10.6 Å². The van der Waals surface area contributed by atoms with E-state index < -0.39 is 0 Å². The Bertz CT molecular complexity index is 447. The van der Waals surface area contributed by atoms with E-state index in [-0.39, 0.29) is 6.09 Å². The predicted molar refractivity (Wildman–Crippen MR) is 105 cm³/mol. The van der Waals surface area contributed by atoms with Crippen LogP contribution in [0.15, 0.2) is 4.99 Å². The Morgan fingerprint density at radius 2 is 2.07 bits per heavy atom.